The lowest BCUT2D eigenvalue weighted by Gasteiger charge is -2.31. The Kier molecular flexibility index (Phi) is 4.37. The number of piperidine rings is 1. The number of carbonyl (C=O) groups excluding carboxylic acids is 1. The van der Waals surface area contributed by atoms with E-state index in [-0.39, 0.29) is 17.5 Å². The first-order valence-electron chi connectivity index (χ1n) is 6.68. The molecule has 104 valence electrons. The Morgan fingerprint density at radius 2 is 2.16 bits per heavy atom. The van der Waals surface area contributed by atoms with E-state index >= 15 is 0 Å². The van der Waals surface area contributed by atoms with Crippen molar-refractivity contribution in [3.63, 3.8) is 0 Å². The molecule has 0 spiro atoms. The molecule has 1 fully saturated rings. The summed E-state index contributed by atoms with van der Waals surface area (Å²) in [6.45, 7) is 5.14. The van der Waals surface area contributed by atoms with E-state index in [1.807, 2.05) is 0 Å². The minimum atomic E-state index is -0.444. The van der Waals surface area contributed by atoms with E-state index in [0.29, 0.717) is 5.69 Å². The van der Waals surface area contributed by atoms with Crippen molar-refractivity contribution in [1.29, 1.82) is 0 Å². The van der Waals surface area contributed by atoms with Crippen LogP contribution < -0.4 is 11.1 Å². The largest absolute Gasteiger partial charge is 0.398 e. The first kappa shape index (κ1) is 13.8. The van der Waals surface area contributed by atoms with Crippen LogP contribution in [0.25, 0.3) is 0 Å². The first-order valence-corrected chi connectivity index (χ1v) is 6.68. The third-order valence-electron chi connectivity index (χ3n) is 3.63. The molecular weight excluding hydrogens is 245 g/mol. The van der Waals surface area contributed by atoms with Gasteiger partial charge in [-0.1, -0.05) is 6.92 Å². The smallest absolute Gasteiger partial charge is 0.253 e. The van der Waals surface area contributed by atoms with E-state index in [1.165, 1.54) is 18.2 Å². The summed E-state index contributed by atoms with van der Waals surface area (Å²) in [7, 11) is 0. The fraction of sp³-hybridized carbons (Fsp3) is 0.500. The molecule has 1 amide bonds. The number of nitrogens with two attached hydrogens (primary N) is 1. The van der Waals surface area contributed by atoms with Crippen LogP contribution in [0, 0.1) is 5.82 Å². The monoisotopic (exact) mass is 265 g/mol. The maximum Gasteiger partial charge on any atom is 0.253 e. The number of hydrogen-bond acceptors (Lipinski definition) is 3. The molecule has 2 rings (SSSR count). The van der Waals surface area contributed by atoms with E-state index in [0.717, 1.165) is 32.5 Å². The fourth-order valence-electron chi connectivity index (χ4n) is 2.38. The zero-order valence-electron chi connectivity index (χ0n) is 11.2. The van der Waals surface area contributed by atoms with Crippen LogP contribution in [-0.4, -0.2) is 36.5 Å². The van der Waals surface area contributed by atoms with Crippen LogP contribution in [0.2, 0.25) is 0 Å². The first-order chi connectivity index (χ1) is 9.10. The second-order valence-corrected chi connectivity index (χ2v) is 4.91. The van der Waals surface area contributed by atoms with Gasteiger partial charge in [0.1, 0.15) is 5.82 Å². The molecule has 19 heavy (non-hydrogen) atoms. The topological polar surface area (TPSA) is 58.4 Å². The molecule has 1 aromatic carbocycles. The highest BCUT2D eigenvalue weighted by molar-refractivity contribution is 5.99. The molecule has 5 heteroatoms. The van der Waals surface area contributed by atoms with Gasteiger partial charge in [-0.15, -0.1) is 0 Å². The van der Waals surface area contributed by atoms with Crippen LogP contribution in [0.4, 0.5) is 10.1 Å². The maximum atomic E-state index is 13.1. The van der Waals surface area contributed by atoms with E-state index in [9.17, 15) is 9.18 Å². The lowest BCUT2D eigenvalue weighted by molar-refractivity contribution is 0.0913. The summed E-state index contributed by atoms with van der Waals surface area (Å²) in [4.78, 5) is 14.4. The van der Waals surface area contributed by atoms with Crippen LogP contribution in [0.1, 0.15) is 30.1 Å². The standard InChI is InChI=1S/C14H20FN3O/c1-2-18-7-5-11(6-8-18)17-14(19)12-9-10(15)3-4-13(12)16/h3-4,9,11H,2,5-8,16H2,1H3,(H,17,19). The Labute approximate surface area is 112 Å². The highest BCUT2D eigenvalue weighted by Crippen LogP contribution is 2.15. The number of hydrogen-bond donors (Lipinski definition) is 2. The summed E-state index contributed by atoms with van der Waals surface area (Å²) in [5.74, 6) is -0.730. The molecule has 0 atom stereocenters. The third kappa shape index (κ3) is 3.44. The maximum absolute atomic E-state index is 13.1. The lowest BCUT2D eigenvalue weighted by Crippen LogP contribution is -2.44. The summed E-state index contributed by atoms with van der Waals surface area (Å²) in [6, 6.07) is 4.01. The molecule has 3 N–H and O–H groups in total. The van der Waals surface area contributed by atoms with Crippen molar-refractivity contribution in [3.8, 4) is 0 Å². The number of nitrogens with zero attached hydrogens (tertiary/aromatic N) is 1. The number of anilines is 1. The van der Waals surface area contributed by atoms with E-state index < -0.39 is 5.82 Å². The molecule has 0 aromatic heterocycles. The molecule has 1 aromatic rings. The SMILES string of the molecule is CCN1CCC(NC(=O)c2cc(F)ccc2N)CC1. The van der Waals surface area contributed by atoms with E-state index in [1.54, 1.807) is 0 Å². The Bertz CT molecular complexity index is 456. The number of likely N-dealkylation sites (tertiary alicyclic amines) is 1. The minimum Gasteiger partial charge on any atom is -0.398 e. The van der Waals surface area contributed by atoms with E-state index in [4.69, 9.17) is 5.73 Å². The predicted molar refractivity (Wildman–Crippen MR) is 73.4 cm³/mol. The van der Waals surface area contributed by atoms with Crippen molar-refractivity contribution in [3.05, 3.63) is 29.6 Å². The lowest BCUT2D eigenvalue weighted by atomic mass is 10.0. The Hall–Kier alpha value is -1.62. The van der Waals surface area contributed by atoms with Crippen molar-refractivity contribution < 1.29 is 9.18 Å². The number of nitrogen functional groups attached to an aromatic ring is 1. The molecule has 4 nitrogen and oxygen atoms in total. The summed E-state index contributed by atoms with van der Waals surface area (Å²) >= 11 is 0. The summed E-state index contributed by atoms with van der Waals surface area (Å²) in [5.41, 5.74) is 6.23. The van der Waals surface area contributed by atoms with Crippen LogP contribution in [0.15, 0.2) is 18.2 Å². The molecule has 1 aliphatic heterocycles. The van der Waals surface area contributed by atoms with Crippen molar-refractivity contribution in [1.82, 2.24) is 10.2 Å². The summed E-state index contributed by atoms with van der Waals surface area (Å²) in [6.07, 6.45) is 1.85. The number of benzene rings is 1. The molecule has 0 unspecified atom stereocenters. The van der Waals surface area contributed by atoms with Gasteiger partial charge in [0, 0.05) is 24.8 Å². The second kappa shape index (κ2) is 6.02. The normalized spacial score (nSPS) is 17.4. The van der Waals surface area contributed by atoms with Gasteiger partial charge in [-0.2, -0.15) is 0 Å². The molecule has 1 aliphatic rings. The van der Waals surface area contributed by atoms with Crippen molar-refractivity contribution in [2.24, 2.45) is 0 Å². The van der Waals surface area contributed by atoms with Gasteiger partial charge in [0.15, 0.2) is 0 Å². The van der Waals surface area contributed by atoms with Gasteiger partial charge < -0.3 is 16.0 Å². The summed E-state index contributed by atoms with van der Waals surface area (Å²) < 4.78 is 13.1. The Morgan fingerprint density at radius 1 is 1.47 bits per heavy atom. The zero-order chi connectivity index (χ0) is 13.8. The quantitative estimate of drug-likeness (QED) is 0.817. The molecule has 0 radical (unpaired) electrons. The molecule has 0 bridgehead atoms. The fourth-order valence-corrected chi connectivity index (χ4v) is 2.38. The van der Waals surface area contributed by atoms with Crippen LogP contribution in [0.3, 0.4) is 0 Å². The van der Waals surface area contributed by atoms with Gasteiger partial charge in [0.05, 0.1) is 5.56 Å². The van der Waals surface area contributed by atoms with Crippen LogP contribution >= 0.6 is 0 Å². The third-order valence-corrected chi connectivity index (χ3v) is 3.63. The van der Waals surface area contributed by atoms with Gasteiger partial charge in [-0.3, -0.25) is 4.79 Å². The predicted octanol–water partition coefficient (Wildman–Crippen LogP) is 1.62. The Morgan fingerprint density at radius 3 is 2.79 bits per heavy atom. The average molecular weight is 265 g/mol. The summed E-state index contributed by atoms with van der Waals surface area (Å²) in [5, 5.41) is 2.94. The number of carbonyl (C=O) groups is 1. The molecule has 0 saturated carbocycles. The highest BCUT2D eigenvalue weighted by atomic mass is 19.1. The molecule has 1 saturated heterocycles. The molecule has 1 heterocycles. The van der Waals surface area contributed by atoms with Crippen molar-refractivity contribution in [2.75, 3.05) is 25.4 Å². The van der Waals surface area contributed by atoms with E-state index in [2.05, 4.69) is 17.1 Å². The van der Waals surface area contributed by atoms with Gasteiger partial charge in [0.2, 0.25) is 0 Å². The second-order valence-electron chi connectivity index (χ2n) is 4.91. The Balaban J connectivity index is 1.96. The average Bonchev–Trinajstić information content (AvgIpc) is 2.42. The molecule has 0 aliphatic carbocycles. The number of halogens is 1. The van der Waals surface area contributed by atoms with Crippen molar-refractivity contribution >= 4 is 11.6 Å². The van der Waals surface area contributed by atoms with Crippen LogP contribution in [0.5, 0.6) is 0 Å². The van der Waals surface area contributed by atoms with Crippen molar-refractivity contribution in [2.45, 2.75) is 25.8 Å². The zero-order valence-corrected chi connectivity index (χ0v) is 11.2. The minimum absolute atomic E-state index is 0.151. The molecular formula is C14H20FN3O. The van der Waals surface area contributed by atoms with Crippen LogP contribution in [-0.2, 0) is 0 Å². The highest BCUT2D eigenvalue weighted by Gasteiger charge is 2.21. The van der Waals surface area contributed by atoms with Gasteiger partial charge in [-0.25, -0.2) is 4.39 Å². The number of nitrogens with one attached hydrogen (secondary N) is 1. The van der Waals surface area contributed by atoms with Gasteiger partial charge in [0.25, 0.3) is 5.91 Å². The number of rotatable bonds is 3. The number of amides is 1. The van der Waals surface area contributed by atoms with Gasteiger partial charge >= 0.3 is 0 Å². The van der Waals surface area contributed by atoms with Gasteiger partial charge in [-0.05, 0) is 37.6 Å².